The summed E-state index contributed by atoms with van der Waals surface area (Å²) in [7, 11) is 0. The van der Waals surface area contributed by atoms with E-state index in [2.05, 4.69) is 20.5 Å². The predicted octanol–water partition coefficient (Wildman–Crippen LogP) is 10.0. The third-order valence-corrected chi connectivity index (χ3v) is 4.85. The molecule has 0 saturated carbocycles. The molecule has 174 valence electrons. The van der Waals surface area contributed by atoms with Crippen LogP contribution in [0.3, 0.4) is 0 Å². The van der Waals surface area contributed by atoms with Crippen LogP contribution in [0.1, 0.15) is 11.1 Å². The number of halogens is 8. The third-order valence-electron chi connectivity index (χ3n) is 4.14. The van der Waals surface area contributed by atoms with Crippen molar-refractivity contribution in [3.8, 4) is 0 Å². The highest BCUT2D eigenvalue weighted by Crippen LogP contribution is 2.39. The first kappa shape index (κ1) is 25.8. The van der Waals surface area contributed by atoms with Crippen molar-refractivity contribution in [2.24, 2.45) is 20.5 Å². The molecule has 34 heavy (non-hydrogen) atoms. The van der Waals surface area contributed by atoms with Gasteiger partial charge in [0.25, 0.3) is 0 Å². The Kier molecular flexibility index (Phi) is 8.79. The molecular weight excluding hydrogens is 538 g/mol. The standard InChI is InChI=1S/C22H10Cl4F4N4/c23-21(24)19(33-31-11-7-3-1-4-8-11)13-15(27)17(29)14(18(30)16(13)28)20(22(25)26)34-32-12-9-5-2-6-10-12/h1-10H. The van der Waals surface area contributed by atoms with E-state index in [0.29, 0.717) is 0 Å². The summed E-state index contributed by atoms with van der Waals surface area (Å²) in [6.45, 7) is 0. The average molecular weight is 548 g/mol. The van der Waals surface area contributed by atoms with E-state index >= 15 is 17.6 Å². The summed E-state index contributed by atoms with van der Waals surface area (Å²) in [6.07, 6.45) is 0. The second-order valence-electron chi connectivity index (χ2n) is 6.30. The maximum Gasteiger partial charge on any atom is 0.172 e. The molecule has 0 spiro atoms. The summed E-state index contributed by atoms with van der Waals surface area (Å²) in [5.74, 6) is -7.51. The highest BCUT2D eigenvalue weighted by Gasteiger charge is 2.31. The van der Waals surface area contributed by atoms with Gasteiger partial charge in [-0.15, -0.1) is 10.2 Å². The van der Waals surface area contributed by atoms with Gasteiger partial charge in [-0.25, -0.2) is 17.6 Å². The van der Waals surface area contributed by atoms with Crippen LogP contribution in [-0.4, -0.2) is 0 Å². The zero-order valence-electron chi connectivity index (χ0n) is 16.6. The SMILES string of the molecule is Fc1c(F)c(C(N=Nc2ccccc2)=C(Cl)Cl)c(F)c(F)c1C(N=Nc1ccccc1)=C(Cl)Cl. The summed E-state index contributed by atoms with van der Waals surface area (Å²) in [5, 5.41) is 14.6. The molecule has 0 aliphatic rings. The van der Waals surface area contributed by atoms with E-state index in [-0.39, 0.29) is 11.4 Å². The van der Waals surface area contributed by atoms with E-state index in [4.69, 9.17) is 46.4 Å². The van der Waals surface area contributed by atoms with Crippen LogP contribution in [0.4, 0.5) is 28.9 Å². The first-order valence-electron chi connectivity index (χ1n) is 9.13. The number of hydrogen-bond donors (Lipinski definition) is 0. The molecule has 0 aliphatic carbocycles. The minimum absolute atomic E-state index is 0.258. The van der Waals surface area contributed by atoms with Gasteiger partial charge in [0.2, 0.25) is 0 Å². The van der Waals surface area contributed by atoms with Crippen molar-refractivity contribution in [2.75, 3.05) is 0 Å². The Hall–Kier alpha value is -2.78. The lowest BCUT2D eigenvalue weighted by Gasteiger charge is -2.12. The fourth-order valence-corrected chi connectivity index (χ4v) is 3.15. The van der Waals surface area contributed by atoms with Crippen molar-refractivity contribution in [1.82, 2.24) is 0 Å². The van der Waals surface area contributed by atoms with E-state index in [9.17, 15) is 0 Å². The van der Waals surface area contributed by atoms with Gasteiger partial charge in [0, 0.05) is 0 Å². The third kappa shape index (κ3) is 5.82. The molecule has 12 heteroatoms. The molecule has 4 nitrogen and oxygen atoms in total. The van der Waals surface area contributed by atoms with Crippen LogP contribution in [0.25, 0.3) is 11.4 Å². The van der Waals surface area contributed by atoms with Crippen molar-refractivity contribution in [3.05, 3.63) is 104 Å². The van der Waals surface area contributed by atoms with Gasteiger partial charge >= 0.3 is 0 Å². The molecule has 0 fully saturated rings. The first-order valence-corrected chi connectivity index (χ1v) is 10.6. The van der Waals surface area contributed by atoms with Crippen LogP contribution in [0.2, 0.25) is 0 Å². The second-order valence-corrected chi connectivity index (χ2v) is 8.19. The zero-order valence-corrected chi connectivity index (χ0v) is 19.6. The molecule has 0 N–H and O–H groups in total. The number of benzene rings is 3. The molecule has 0 amide bonds. The van der Waals surface area contributed by atoms with Crippen LogP contribution in [0, 0.1) is 23.3 Å². The number of hydrogen-bond acceptors (Lipinski definition) is 4. The molecule has 0 aliphatic heterocycles. The molecule has 0 radical (unpaired) electrons. The van der Waals surface area contributed by atoms with Crippen molar-refractivity contribution in [3.63, 3.8) is 0 Å². The summed E-state index contributed by atoms with van der Waals surface area (Å²) >= 11 is 22.8. The Bertz CT molecular complexity index is 1190. The minimum atomic E-state index is -1.88. The Balaban J connectivity index is 2.15. The molecule has 0 bridgehead atoms. The van der Waals surface area contributed by atoms with Gasteiger partial charge in [-0.2, -0.15) is 10.2 Å². The van der Waals surface area contributed by atoms with Crippen molar-refractivity contribution in [2.45, 2.75) is 0 Å². The lowest BCUT2D eigenvalue weighted by Crippen LogP contribution is -2.08. The Morgan fingerprint density at radius 1 is 0.500 bits per heavy atom. The lowest BCUT2D eigenvalue weighted by atomic mass is 10.0. The topological polar surface area (TPSA) is 49.4 Å². The van der Waals surface area contributed by atoms with Crippen molar-refractivity contribution < 1.29 is 17.6 Å². The molecule has 0 aromatic heterocycles. The lowest BCUT2D eigenvalue weighted by molar-refractivity contribution is 0.446. The number of nitrogens with zero attached hydrogens (tertiary/aromatic N) is 4. The highest BCUT2D eigenvalue weighted by molar-refractivity contribution is 6.58. The van der Waals surface area contributed by atoms with Gasteiger partial charge < -0.3 is 0 Å². The van der Waals surface area contributed by atoms with Crippen molar-refractivity contribution >= 4 is 69.2 Å². The number of azo groups is 2. The Morgan fingerprint density at radius 2 is 0.794 bits per heavy atom. The first-order chi connectivity index (χ1) is 16.2. The van der Waals surface area contributed by atoms with Gasteiger partial charge in [0.05, 0.1) is 22.5 Å². The van der Waals surface area contributed by atoms with E-state index < -0.39 is 54.8 Å². The van der Waals surface area contributed by atoms with E-state index in [1.54, 1.807) is 36.4 Å². The highest BCUT2D eigenvalue weighted by atomic mass is 35.5. The maximum absolute atomic E-state index is 15.0. The smallest absolute Gasteiger partial charge is 0.172 e. The average Bonchev–Trinajstić information content (AvgIpc) is 2.82. The molecule has 0 unspecified atom stereocenters. The zero-order chi connectivity index (χ0) is 24.8. The molecule has 3 aromatic rings. The van der Waals surface area contributed by atoms with E-state index in [0.717, 1.165) is 0 Å². The fraction of sp³-hybridized carbons (Fsp3) is 0. The van der Waals surface area contributed by atoms with Crippen LogP contribution >= 0.6 is 46.4 Å². The quantitative estimate of drug-likeness (QED) is 0.167. The van der Waals surface area contributed by atoms with E-state index in [1.807, 2.05) is 0 Å². The van der Waals surface area contributed by atoms with Gasteiger partial charge in [0.15, 0.2) is 23.3 Å². The molecule has 3 rings (SSSR count). The predicted molar refractivity (Wildman–Crippen MR) is 125 cm³/mol. The van der Waals surface area contributed by atoms with Gasteiger partial charge in [0.1, 0.15) is 20.4 Å². The van der Waals surface area contributed by atoms with Gasteiger partial charge in [-0.1, -0.05) is 82.8 Å². The Morgan fingerprint density at radius 3 is 1.06 bits per heavy atom. The monoisotopic (exact) mass is 546 g/mol. The number of rotatable bonds is 6. The normalized spacial score (nSPS) is 11.3. The summed E-state index contributed by atoms with van der Waals surface area (Å²) in [5.41, 5.74) is -3.76. The van der Waals surface area contributed by atoms with Crippen LogP contribution in [-0.2, 0) is 0 Å². The molecule has 0 atom stereocenters. The van der Waals surface area contributed by atoms with Crippen LogP contribution in [0.5, 0.6) is 0 Å². The van der Waals surface area contributed by atoms with Crippen LogP contribution in [0.15, 0.2) is 90.1 Å². The summed E-state index contributed by atoms with van der Waals surface area (Å²) < 4.78 is 58.5. The molecular formula is C22H10Cl4F4N4. The van der Waals surface area contributed by atoms with Gasteiger partial charge in [-0.3, -0.25) is 0 Å². The fourth-order valence-electron chi connectivity index (χ4n) is 2.62. The molecule has 3 aromatic carbocycles. The largest absolute Gasteiger partial charge is 0.203 e. The second kappa shape index (κ2) is 11.6. The maximum atomic E-state index is 15.0. The summed E-state index contributed by atoms with van der Waals surface area (Å²) in [4.78, 5) is 0. The van der Waals surface area contributed by atoms with Crippen molar-refractivity contribution in [1.29, 1.82) is 0 Å². The molecule has 0 saturated heterocycles. The Labute approximate surface area is 210 Å². The minimum Gasteiger partial charge on any atom is -0.203 e. The van der Waals surface area contributed by atoms with Crippen LogP contribution < -0.4 is 0 Å². The molecule has 0 heterocycles. The van der Waals surface area contributed by atoms with E-state index in [1.165, 1.54) is 24.3 Å². The van der Waals surface area contributed by atoms with Gasteiger partial charge in [-0.05, 0) is 24.3 Å². The summed E-state index contributed by atoms with van der Waals surface area (Å²) in [6, 6.07) is 15.9.